The highest BCUT2D eigenvalue weighted by molar-refractivity contribution is 7.99. The van der Waals surface area contributed by atoms with Crippen molar-refractivity contribution < 1.29 is 0 Å². The van der Waals surface area contributed by atoms with Crippen LogP contribution in [-0.4, -0.2) is 36.3 Å². The lowest BCUT2D eigenvalue weighted by Gasteiger charge is -2.14. The van der Waals surface area contributed by atoms with Gasteiger partial charge in [0.15, 0.2) is 5.16 Å². The SMILES string of the molecule is CCCNc1nc(SC(C)C(C)C)nc(-n2ccnc2)n1. The van der Waals surface area contributed by atoms with Crippen LogP contribution in [0.5, 0.6) is 0 Å². The minimum atomic E-state index is 0.446. The Bertz CT molecular complexity index is 555. The van der Waals surface area contributed by atoms with Crippen molar-refractivity contribution in [2.24, 2.45) is 5.92 Å². The Morgan fingerprint density at radius 1 is 1.24 bits per heavy atom. The normalized spacial score (nSPS) is 12.6. The quantitative estimate of drug-likeness (QED) is 0.793. The molecule has 0 spiro atoms. The highest BCUT2D eigenvalue weighted by atomic mass is 32.2. The van der Waals surface area contributed by atoms with Crippen LogP contribution in [0.2, 0.25) is 0 Å². The van der Waals surface area contributed by atoms with Crippen LogP contribution < -0.4 is 5.32 Å². The van der Waals surface area contributed by atoms with Crippen LogP contribution in [0.3, 0.4) is 0 Å². The van der Waals surface area contributed by atoms with Crippen molar-refractivity contribution in [2.75, 3.05) is 11.9 Å². The van der Waals surface area contributed by atoms with Gasteiger partial charge in [-0.05, 0) is 12.3 Å². The fourth-order valence-corrected chi connectivity index (χ4v) is 2.39. The van der Waals surface area contributed by atoms with E-state index in [1.807, 2.05) is 6.20 Å². The van der Waals surface area contributed by atoms with Crippen molar-refractivity contribution in [2.45, 2.75) is 44.5 Å². The third-order valence-corrected chi connectivity index (χ3v) is 4.41. The summed E-state index contributed by atoms with van der Waals surface area (Å²) in [5.41, 5.74) is 0. The third kappa shape index (κ3) is 4.42. The number of hydrogen-bond donors (Lipinski definition) is 1. The second-order valence-corrected chi connectivity index (χ2v) is 6.55. The first-order chi connectivity index (χ1) is 10.1. The van der Waals surface area contributed by atoms with Gasteiger partial charge < -0.3 is 5.32 Å². The van der Waals surface area contributed by atoms with Gasteiger partial charge >= 0.3 is 0 Å². The zero-order chi connectivity index (χ0) is 15.2. The Morgan fingerprint density at radius 3 is 2.67 bits per heavy atom. The number of nitrogens with one attached hydrogen (secondary N) is 1. The van der Waals surface area contributed by atoms with Crippen LogP contribution in [0.15, 0.2) is 23.9 Å². The van der Waals surface area contributed by atoms with Gasteiger partial charge in [-0.1, -0.05) is 39.5 Å². The second kappa shape index (κ2) is 7.40. The monoisotopic (exact) mass is 306 g/mol. The molecule has 7 heteroatoms. The van der Waals surface area contributed by atoms with E-state index < -0.39 is 0 Å². The first-order valence-corrected chi connectivity index (χ1v) is 8.13. The highest BCUT2D eigenvalue weighted by Crippen LogP contribution is 2.25. The molecule has 0 saturated carbocycles. The molecule has 6 nitrogen and oxygen atoms in total. The standard InChI is InChI=1S/C14H22N6S/c1-5-6-16-12-17-13(20-8-7-15-9-20)19-14(18-12)21-11(4)10(2)3/h7-11H,5-6H2,1-4H3,(H,16,17,18,19). The van der Waals surface area contributed by atoms with Gasteiger partial charge in [0.1, 0.15) is 6.33 Å². The van der Waals surface area contributed by atoms with E-state index >= 15 is 0 Å². The number of imidazole rings is 1. The molecule has 2 aromatic rings. The molecule has 0 radical (unpaired) electrons. The summed E-state index contributed by atoms with van der Waals surface area (Å²) in [6.45, 7) is 9.55. The summed E-state index contributed by atoms with van der Waals surface area (Å²) in [7, 11) is 0. The van der Waals surface area contributed by atoms with E-state index in [1.165, 1.54) is 0 Å². The molecule has 0 amide bonds. The van der Waals surface area contributed by atoms with Crippen LogP contribution >= 0.6 is 11.8 Å². The van der Waals surface area contributed by atoms with Gasteiger partial charge in [0.25, 0.3) is 0 Å². The third-order valence-electron chi connectivity index (χ3n) is 3.10. The molecule has 2 rings (SSSR count). The summed E-state index contributed by atoms with van der Waals surface area (Å²) < 4.78 is 1.79. The summed E-state index contributed by atoms with van der Waals surface area (Å²) in [5, 5.41) is 4.42. The number of rotatable bonds is 7. The molecule has 1 atom stereocenters. The maximum Gasteiger partial charge on any atom is 0.240 e. The van der Waals surface area contributed by atoms with Crippen LogP contribution in [0.25, 0.3) is 5.95 Å². The summed E-state index contributed by atoms with van der Waals surface area (Å²) >= 11 is 1.67. The van der Waals surface area contributed by atoms with Gasteiger partial charge in [0, 0.05) is 24.2 Å². The topological polar surface area (TPSA) is 68.5 Å². The summed E-state index contributed by atoms with van der Waals surface area (Å²) in [5.74, 6) is 1.78. The number of thioether (sulfide) groups is 1. The zero-order valence-electron chi connectivity index (χ0n) is 12.9. The molecule has 0 aliphatic carbocycles. The molecule has 0 bridgehead atoms. The van der Waals surface area contributed by atoms with E-state index in [4.69, 9.17) is 0 Å². The Labute approximate surface area is 129 Å². The van der Waals surface area contributed by atoms with E-state index in [9.17, 15) is 0 Å². The minimum Gasteiger partial charge on any atom is -0.354 e. The van der Waals surface area contributed by atoms with Gasteiger partial charge in [-0.2, -0.15) is 15.0 Å². The molecule has 0 aromatic carbocycles. The number of anilines is 1. The molecule has 0 aliphatic heterocycles. The van der Waals surface area contributed by atoms with Crippen molar-refractivity contribution in [3.63, 3.8) is 0 Å². The van der Waals surface area contributed by atoms with E-state index in [0.29, 0.717) is 23.1 Å². The molecule has 1 N–H and O–H groups in total. The van der Waals surface area contributed by atoms with Crippen LogP contribution in [-0.2, 0) is 0 Å². The minimum absolute atomic E-state index is 0.446. The molecule has 0 fully saturated rings. The molecule has 2 heterocycles. The van der Waals surface area contributed by atoms with Crippen molar-refractivity contribution >= 4 is 17.7 Å². The van der Waals surface area contributed by atoms with Gasteiger partial charge in [0.2, 0.25) is 11.9 Å². The lowest BCUT2D eigenvalue weighted by Crippen LogP contribution is -2.12. The van der Waals surface area contributed by atoms with Crippen molar-refractivity contribution in [3.8, 4) is 5.95 Å². The average Bonchev–Trinajstić information content (AvgIpc) is 2.99. The molecule has 2 aromatic heterocycles. The Hall–Kier alpha value is -1.63. The van der Waals surface area contributed by atoms with Crippen LogP contribution in [0.1, 0.15) is 34.1 Å². The Kier molecular flexibility index (Phi) is 5.55. The van der Waals surface area contributed by atoms with Gasteiger partial charge in [0.05, 0.1) is 0 Å². The Morgan fingerprint density at radius 2 is 2.05 bits per heavy atom. The van der Waals surface area contributed by atoms with Gasteiger partial charge in [-0.15, -0.1) is 0 Å². The molecular formula is C14H22N6S. The summed E-state index contributed by atoms with van der Waals surface area (Å²) in [4.78, 5) is 17.5. The maximum atomic E-state index is 4.53. The first kappa shape index (κ1) is 15.8. The van der Waals surface area contributed by atoms with Crippen molar-refractivity contribution in [3.05, 3.63) is 18.7 Å². The first-order valence-electron chi connectivity index (χ1n) is 7.25. The lowest BCUT2D eigenvalue weighted by molar-refractivity contribution is 0.639. The number of aromatic nitrogens is 5. The smallest absolute Gasteiger partial charge is 0.240 e. The fourth-order valence-electron chi connectivity index (χ4n) is 1.51. The van der Waals surface area contributed by atoms with Crippen molar-refractivity contribution in [1.29, 1.82) is 0 Å². The molecule has 21 heavy (non-hydrogen) atoms. The number of hydrogen-bond acceptors (Lipinski definition) is 6. The second-order valence-electron chi connectivity index (χ2n) is 5.21. The molecule has 1 unspecified atom stereocenters. The van der Waals surface area contributed by atoms with E-state index in [2.05, 4.69) is 52.9 Å². The number of nitrogens with zero attached hydrogens (tertiary/aromatic N) is 5. The van der Waals surface area contributed by atoms with Gasteiger partial charge in [-0.3, -0.25) is 4.57 Å². The highest BCUT2D eigenvalue weighted by Gasteiger charge is 2.14. The van der Waals surface area contributed by atoms with E-state index in [0.717, 1.165) is 18.1 Å². The zero-order valence-corrected chi connectivity index (χ0v) is 13.8. The largest absolute Gasteiger partial charge is 0.354 e. The predicted octanol–water partition coefficient (Wildman–Crippen LogP) is 3.02. The van der Waals surface area contributed by atoms with Crippen LogP contribution in [0, 0.1) is 5.92 Å². The lowest BCUT2D eigenvalue weighted by atomic mass is 10.2. The van der Waals surface area contributed by atoms with Crippen molar-refractivity contribution in [1.82, 2.24) is 24.5 Å². The van der Waals surface area contributed by atoms with Gasteiger partial charge in [-0.25, -0.2) is 4.98 Å². The maximum absolute atomic E-state index is 4.53. The Balaban J connectivity index is 2.28. The molecular weight excluding hydrogens is 284 g/mol. The fraction of sp³-hybridized carbons (Fsp3) is 0.571. The summed E-state index contributed by atoms with van der Waals surface area (Å²) in [6.07, 6.45) is 6.27. The van der Waals surface area contributed by atoms with E-state index in [-0.39, 0.29) is 0 Å². The predicted molar refractivity (Wildman–Crippen MR) is 85.9 cm³/mol. The average molecular weight is 306 g/mol. The summed E-state index contributed by atoms with van der Waals surface area (Å²) in [6, 6.07) is 0. The van der Waals surface area contributed by atoms with Crippen LogP contribution in [0.4, 0.5) is 5.95 Å². The molecule has 0 saturated heterocycles. The molecule has 114 valence electrons. The van der Waals surface area contributed by atoms with E-state index in [1.54, 1.807) is 28.9 Å². The molecule has 0 aliphatic rings.